The zero-order valence-corrected chi connectivity index (χ0v) is 14.7. The SMILES string of the molecule is O=C(O)CCCNC(=O)NCCCCSc1ccccc1Br. The second-order valence-corrected chi connectivity index (χ2v) is 6.66. The Labute approximate surface area is 143 Å². The number of aliphatic carboxylic acids is 1. The van der Waals surface area contributed by atoms with Crippen LogP contribution in [0.4, 0.5) is 4.79 Å². The Morgan fingerprint density at radius 3 is 2.45 bits per heavy atom. The second kappa shape index (κ2) is 11.4. The van der Waals surface area contributed by atoms with Gasteiger partial charge < -0.3 is 15.7 Å². The van der Waals surface area contributed by atoms with Gasteiger partial charge in [0.25, 0.3) is 0 Å². The van der Waals surface area contributed by atoms with Crippen molar-refractivity contribution >= 4 is 39.7 Å². The van der Waals surface area contributed by atoms with E-state index in [-0.39, 0.29) is 12.5 Å². The maximum absolute atomic E-state index is 11.4. The molecular weight excluding hydrogens is 368 g/mol. The monoisotopic (exact) mass is 388 g/mol. The summed E-state index contributed by atoms with van der Waals surface area (Å²) in [5.41, 5.74) is 0. The summed E-state index contributed by atoms with van der Waals surface area (Å²) in [6.07, 6.45) is 2.46. The average Bonchev–Trinajstić information content (AvgIpc) is 2.48. The molecule has 3 N–H and O–H groups in total. The summed E-state index contributed by atoms with van der Waals surface area (Å²) < 4.78 is 1.11. The Hall–Kier alpha value is -1.21. The van der Waals surface area contributed by atoms with Gasteiger partial charge in [-0.1, -0.05) is 12.1 Å². The van der Waals surface area contributed by atoms with Crippen molar-refractivity contribution in [3.63, 3.8) is 0 Å². The molecule has 1 rings (SSSR count). The highest BCUT2D eigenvalue weighted by molar-refractivity contribution is 9.10. The first-order valence-electron chi connectivity index (χ1n) is 7.20. The van der Waals surface area contributed by atoms with E-state index in [2.05, 4.69) is 32.6 Å². The van der Waals surface area contributed by atoms with Gasteiger partial charge >= 0.3 is 12.0 Å². The predicted molar refractivity (Wildman–Crippen MR) is 92.4 cm³/mol. The summed E-state index contributed by atoms with van der Waals surface area (Å²) in [5.74, 6) is 0.162. The molecular formula is C15H21BrN2O3S. The maximum atomic E-state index is 11.4. The number of carboxylic acid groups (broad SMARTS) is 1. The van der Waals surface area contributed by atoms with Crippen molar-refractivity contribution in [2.24, 2.45) is 0 Å². The number of urea groups is 1. The fraction of sp³-hybridized carbons (Fsp3) is 0.467. The molecule has 7 heteroatoms. The number of carboxylic acids is 1. The number of halogens is 1. The van der Waals surface area contributed by atoms with E-state index in [1.165, 1.54) is 4.90 Å². The van der Waals surface area contributed by atoms with Gasteiger partial charge in [-0.05, 0) is 53.1 Å². The fourth-order valence-corrected chi connectivity index (χ4v) is 3.25. The van der Waals surface area contributed by atoms with E-state index in [1.54, 1.807) is 11.8 Å². The predicted octanol–water partition coefficient (Wildman–Crippen LogP) is 3.49. The quantitative estimate of drug-likeness (QED) is 0.423. The van der Waals surface area contributed by atoms with Gasteiger partial charge in [-0.3, -0.25) is 4.79 Å². The van der Waals surface area contributed by atoms with Crippen LogP contribution >= 0.6 is 27.7 Å². The lowest BCUT2D eigenvalue weighted by atomic mass is 10.3. The van der Waals surface area contributed by atoms with Gasteiger partial charge in [-0.2, -0.15) is 0 Å². The first-order chi connectivity index (χ1) is 10.6. The van der Waals surface area contributed by atoms with Crippen LogP contribution < -0.4 is 10.6 Å². The smallest absolute Gasteiger partial charge is 0.314 e. The van der Waals surface area contributed by atoms with Crippen molar-refractivity contribution < 1.29 is 14.7 Å². The van der Waals surface area contributed by atoms with Crippen molar-refractivity contribution in [2.45, 2.75) is 30.6 Å². The Morgan fingerprint density at radius 2 is 1.77 bits per heavy atom. The van der Waals surface area contributed by atoms with Gasteiger partial charge in [0.15, 0.2) is 0 Å². The van der Waals surface area contributed by atoms with Crippen LogP contribution in [0.3, 0.4) is 0 Å². The minimum Gasteiger partial charge on any atom is -0.481 e. The van der Waals surface area contributed by atoms with E-state index >= 15 is 0 Å². The summed E-state index contributed by atoms with van der Waals surface area (Å²) in [5, 5.41) is 13.9. The molecule has 122 valence electrons. The first-order valence-corrected chi connectivity index (χ1v) is 8.98. The molecule has 0 aliphatic heterocycles. The van der Waals surface area contributed by atoms with E-state index in [9.17, 15) is 9.59 Å². The molecule has 1 aromatic carbocycles. The van der Waals surface area contributed by atoms with Crippen LogP contribution in [0.25, 0.3) is 0 Å². The van der Waals surface area contributed by atoms with Gasteiger partial charge in [0.05, 0.1) is 0 Å². The standard InChI is InChI=1S/C15H21BrN2O3S/c16-12-6-1-2-7-13(12)22-11-4-3-9-17-15(21)18-10-5-8-14(19)20/h1-2,6-7H,3-5,8-11H2,(H,19,20)(H2,17,18,21). The minimum atomic E-state index is -0.843. The normalized spacial score (nSPS) is 10.2. The van der Waals surface area contributed by atoms with Crippen LogP contribution in [-0.2, 0) is 4.79 Å². The Bertz CT molecular complexity index is 486. The summed E-state index contributed by atoms with van der Waals surface area (Å²) >= 11 is 5.31. The van der Waals surface area contributed by atoms with E-state index in [0.29, 0.717) is 19.5 Å². The number of carbonyl (C=O) groups is 2. The number of amides is 2. The number of hydrogen-bond acceptors (Lipinski definition) is 3. The third-order valence-electron chi connectivity index (χ3n) is 2.80. The number of unbranched alkanes of at least 4 members (excludes halogenated alkanes) is 1. The van der Waals surface area contributed by atoms with Crippen LogP contribution in [0.15, 0.2) is 33.6 Å². The Morgan fingerprint density at radius 1 is 1.09 bits per heavy atom. The van der Waals surface area contributed by atoms with Crippen molar-refractivity contribution in [3.8, 4) is 0 Å². The molecule has 0 heterocycles. The van der Waals surface area contributed by atoms with Gasteiger partial charge in [0.1, 0.15) is 0 Å². The molecule has 0 aromatic heterocycles. The molecule has 0 saturated carbocycles. The number of hydrogen-bond donors (Lipinski definition) is 3. The van der Waals surface area contributed by atoms with Crippen LogP contribution in [0.2, 0.25) is 0 Å². The van der Waals surface area contributed by atoms with E-state index < -0.39 is 5.97 Å². The molecule has 0 unspecified atom stereocenters. The van der Waals surface area contributed by atoms with E-state index in [0.717, 1.165) is 23.1 Å². The molecule has 0 radical (unpaired) electrons. The summed E-state index contributed by atoms with van der Waals surface area (Å²) in [4.78, 5) is 22.9. The summed E-state index contributed by atoms with van der Waals surface area (Å²) in [7, 11) is 0. The van der Waals surface area contributed by atoms with Crippen LogP contribution in [0, 0.1) is 0 Å². The molecule has 1 aromatic rings. The molecule has 5 nitrogen and oxygen atoms in total. The van der Waals surface area contributed by atoms with Crippen molar-refractivity contribution in [1.29, 1.82) is 0 Å². The highest BCUT2D eigenvalue weighted by atomic mass is 79.9. The largest absolute Gasteiger partial charge is 0.481 e. The van der Waals surface area contributed by atoms with Crippen LogP contribution in [-0.4, -0.2) is 35.9 Å². The molecule has 0 saturated heterocycles. The summed E-state index contributed by atoms with van der Waals surface area (Å²) in [6.45, 7) is 1.01. The van der Waals surface area contributed by atoms with E-state index in [1.807, 2.05) is 18.2 Å². The highest BCUT2D eigenvalue weighted by Gasteiger charge is 2.01. The lowest BCUT2D eigenvalue weighted by molar-refractivity contribution is -0.137. The van der Waals surface area contributed by atoms with Crippen molar-refractivity contribution in [1.82, 2.24) is 10.6 Å². The number of carbonyl (C=O) groups excluding carboxylic acids is 1. The lowest BCUT2D eigenvalue weighted by Crippen LogP contribution is -2.36. The van der Waals surface area contributed by atoms with Crippen molar-refractivity contribution in [3.05, 3.63) is 28.7 Å². The topological polar surface area (TPSA) is 78.4 Å². The maximum Gasteiger partial charge on any atom is 0.314 e. The molecule has 0 fully saturated rings. The minimum absolute atomic E-state index is 0.0759. The number of thioether (sulfide) groups is 1. The number of rotatable bonds is 10. The first kappa shape index (κ1) is 18.8. The van der Waals surface area contributed by atoms with Gasteiger partial charge in [0.2, 0.25) is 0 Å². The zero-order chi connectivity index (χ0) is 16.2. The summed E-state index contributed by atoms with van der Waals surface area (Å²) in [6, 6.07) is 7.89. The molecule has 22 heavy (non-hydrogen) atoms. The molecule has 0 aliphatic carbocycles. The Kier molecular flexibility index (Phi) is 9.74. The zero-order valence-electron chi connectivity index (χ0n) is 12.3. The third-order valence-corrected chi connectivity index (χ3v) is 4.92. The van der Waals surface area contributed by atoms with Gasteiger partial charge in [-0.25, -0.2) is 4.79 Å². The van der Waals surface area contributed by atoms with E-state index in [4.69, 9.17) is 5.11 Å². The van der Waals surface area contributed by atoms with Crippen molar-refractivity contribution in [2.75, 3.05) is 18.8 Å². The average molecular weight is 389 g/mol. The second-order valence-electron chi connectivity index (χ2n) is 4.67. The molecule has 0 bridgehead atoms. The molecule has 0 atom stereocenters. The Balaban J connectivity index is 1.98. The van der Waals surface area contributed by atoms with Crippen LogP contribution in [0.1, 0.15) is 25.7 Å². The lowest BCUT2D eigenvalue weighted by Gasteiger charge is -2.07. The fourth-order valence-electron chi connectivity index (χ4n) is 1.68. The number of nitrogens with one attached hydrogen (secondary N) is 2. The third kappa shape index (κ3) is 8.94. The highest BCUT2D eigenvalue weighted by Crippen LogP contribution is 2.27. The number of benzene rings is 1. The molecule has 0 spiro atoms. The molecule has 0 aliphatic rings. The van der Waals surface area contributed by atoms with Gasteiger partial charge in [0, 0.05) is 28.9 Å². The van der Waals surface area contributed by atoms with Crippen LogP contribution in [0.5, 0.6) is 0 Å². The van der Waals surface area contributed by atoms with Gasteiger partial charge in [-0.15, -0.1) is 11.8 Å². The molecule has 2 amide bonds.